The van der Waals surface area contributed by atoms with Crippen LogP contribution in [-0.2, 0) is 11.3 Å². The molecule has 1 atom stereocenters. The first kappa shape index (κ1) is 31.1. The lowest BCUT2D eigenvalue weighted by atomic mass is 9.97. The molecule has 0 saturated carbocycles. The molecule has 6 rings (SSSR count). The van der Waals surface area contributed by atoms with Gasteiger partial charge in [-0.15, -0.1) is 11.3 Å². The molecular formula is C31H35F4N5O2S. The summed E-state index contributed by atoms with van der Waals surface area (Å²) in [5.74, 6) is -1.37. The largest absolute Gasteiger partial charge is 0.490 e. The number of likely N-dealkylation sites (tertiary alicyclic amines) is 1. The van der Waals surface area contributed by atoms with Gasteiger partial charge < -0.3 is 19.9 Å². The number of fused-ring (bicyclic) bond motifs is 1. The van der Waals surface area contributed by atoms with Crippen molar-refractivity contribution in [1.82, 2.24) is 24.7 Å². The number of nitrogens with zero attached hydrogens (tertiary/aromatic N) is 4. The lowest BCUT2D eigenvalue weighted by Gasteiger charge is -2.38. The summed E-state index contributed by atoms with van der Waals surface area (Å²) in [5, 5.41) is 7.12. The molecule has 2 N–H and O–H groups in total. The first-order valence-electron chi connectivity index (χ1n) is 14.3. The van der Waals surface area contributed by atoms with Crippen molar-refractivity contribution in [2.75, 3.05) is 52.9 Å². The van der Waals surface area contributed by atoms with Crippen molar-refractivity contribution >= 4 is 28.3 Å². The smallest absolute Gasteiger partial charge is 0.475 e. The van der Waals surface area contributed by atoms with Crippen molar-refractivity contribution in [3.63, 3.8) is 0 Å². The third kappa shape index (κ3) is 8.41. The van der Waals surface area contributed by atoms with Gasteiger partial charge in [-0.2, -0.15) is 13.2 Å². The zero-order valence-electron chi connectivity index (χ0n) is 23.9. The van der Waals surface area contributed by atoms with Gasteiger partial charge in [-0.05, 0) is 73.8 Å². The number of hydrogen-bond acceptors (Lipinski definition) is 6. The number of benzene rings is 2. The Hall–Kier alpha value is -3.32. The van der Waals surface area contributed by atoms with Gasteiger partial charge >= 0.3 is 12.1 Å². The number of rotatable bonds is 6. The van der Waals surface area contributed by atoms with Crippen molar-refractivity contribution in [3.8, 4) is 21.1 Å². The van der Waals surface area contributed by atoms with Crippen LogP contribution in [-0.4, -0.2) is 94.8 Å². The van der Waals surface area contributed by atoms with Crippen LogP contribution in [0.1, 0.15) is 18.4 Å². The van der Waals surface area contributed by atoms with Crippen LogP contribution >= 0.6 is 11.3 Å². The second-order valence-corrected chi connectivity index (χ2v) is 12.3. The van der Waals surface area contributed by atoms with Gasteiger partial charge in [0.15, 0.2) is 0 Å². The van der Waals surface area contributed by atoms with E-state index in [9.17, 15) is 17.6 Å². The van der Waals surface area contributed by atoms with E-state index in [1.165, 1.54) is 73.7 Å². The Morgan fingerprint density at radius 1 is 1.00 bits per heavy atom. The maximum atomic E-state index is 13.5. The number of aromatic amines is 1. The van der Waals surface area contributed by atoms with E-state index in [2.05, 4.69) is 68.1 Å². The van der Waals surface area contributed by atoms with Crippen molar-refractivity contribution in [2.45, 2.75) is 25.6 Å². The Labute approximate surface area is 251 Å². The van der Waals surface area contributed by atoms with E-state index in [4.69, 9.17) is 9.90 Å². The molecule has 7 nitrogen and oxygen atoms in total. The molecule has 4 heterocycles. The Morgan fingerprint density at radius 3 is 2.35 bits per heavy atom. The number of piperazine rings is 1. The molecule has 2 aromatic heterocycles. The number of carboxylic acid groups (broad SMARTS) is 1. The summed E-state index contributed by atoms with van der Waals surface area (Å²) in [7, 11) is 2.26. The molecule has 0 bridgehead atoms. The summed E-state index contributed by atoms with van der Waals surface area (Å²) in [4.78, 5) is 26.8. The first-order chi connectivity index (χ1) is 20.5. The van der Waals surface area contributed by atoms with E-state index in [-0.39, 0.29) is 5.82 Å². The zero-order chi connectivity index (χ0) is 30.6. The van der Waals surface area contributed by atoms with Crippen molar-refractivity contribution in [1.29, 1.82) is 0 Å². The molecule has 0 spiro atoms. The topological polar surface area (TPSA) is 75.7 Å². The minimum absolute atomic E-state index is 0.251. The van der Waals surface area contributed by atoms with Crippen LogP contribution in [0.4, 0.5) is 17.6 Å². The number of hydrogen-bond donors (Lipinski definition) is 2. The number of carboxylic acids is 1. The molecule has 230 valence electrons. The van der Waals surface area contributed by atoms with Gasteiger partial charge in [0.1, 0.15) is 11.6 Å². The zero-order valence-corrected chi connectivity index (χ0v) is 24.7. The van der Waals surface area contributed by atoms with E-state index in [1.54, 1.807) is 17.4 Å². The molecule has 12 heteroatoms. The van der Waals surface area contributed by atoms with Crippen LogP contribution in [0.3, 0.4) is 0 Å². The van der Waals surface area contributed by atoms with Gasteiger partial charge in [-0.25, -0.2) is 14.2 Å². The Morgan fingerprint density at radius 2 is 1.67 bits per heavy atom. The highest BCUT2D eigenvalue weighted by atomic mass is 32.1. The fraction of sp³-hybridized carbons (Fsp3) is 0.419. The number of imidazole rings is 1. The van der Waals surface area contributed by atoms with Gasteiger partial charge in [-0.1, -0.05) is 24.3 Å². The lowest BCUT2D eigenvalue weighted by Crippen LogP contribution is -2.48. The number of carbonyl (C=O) groups is 1. The number of alkyl halides is 3. The van der Waals surface area contributed by atoms with Gasteiger partial charge in [0, 0.05) is 50.7 Å². The Kier molecular flexibility index (Phi) is 9.80. The van der Waals surface area contributed by atoms with Crippen LogP contribution in [0.15, 0.2) is 54.6 Å². The van der Waals surface area contributed by atoms with E-state index < -0.39 is 12.1 Å². The average Bonchev–Trinajstić information content (AvgIpc) is 3.62. The third-order valence-electron chi connectivity index (χ3n) is 7.87. The van der Waals surface area contributed by atoms with Gasteiger partial charge in [0.25, 0.3) is 0 Å². The minimum atomic E-state index is -5.08. The lowest BCUT2D eigenvalue weighted by molar-refractivity contribution is -0.192. The predicted octanol–water partition coefficient (Wildman–Crippen LogP) is 6.19. The van der Waals surface area contributed by atoms with E-state index >= 15 is 0 Å². The molecule has 2 aromatic carbocycles. The third-order valence-corrected chi connectivity index (χ3v) is 9.01. The van der Waals surface area contributed by atoms with Crippen molar-refractivity contribution in [2.24, 2.45) is 5.92 Å². The summed E-state index contributed by atoms with van der Waals surface area (Å²) in [6.45, 7) is 9.48. The molecule has 43 heavy (non-hydrogen) atoms. The second-order valence-electron chi connectivity index (χ2n) is 11.3. The molecule has 0 amide bonds. The SMILES string of the molecule is CN1CCCC(CN2CCN(Cc3ccc(-c4ccc(-c5nc6ccc(F)cc6[nH]5)s4)cc3)CC2)C1.O=C(O)C(F)(F)F. The van der Waals surface area contributed by atoms with Gasteiger partial charge in [0.2, 0.25) is 0 Å². The van der Waals surface area contributed by atoms with Crippen LogP contribution in [0, 0.1) is 11.7 Å². The fourth-order valence-electron chi connectivity index (χ4n) is 5.67. The second kappa shape index (κ2) is 13.5. The number of piperidine rings is 1. The molecule has 0 aliphatic carbocycles. The van der Waals surface area contributed by atoms with Gasteiger partial charge in [0.05, 0.1) is 15.9 Å². The molecule has 0 radical (unpaired) electrons. The number of aromatic nitrogens is 2. The normalized spacial score (nSPS) is 18.9. The summed E-state index contributed by atoms with van der Waals surface area (Å²) in [6, 6.07) is 17.9. The Bertz CT molecular complexity index is 1510. The van der Waals surface area contributed by atoms with Crippen molar-refractivity contribution < 1.29 is 27.5 Å². The molecule has 2 aliphatic heterocycles. The van der Waals surface area contributed by atoms with Crippen LogP contribution < -0.4 is 0 Å². The fourth-order valence-corrected chi connectivity index (χ4v) is 6.63. The number of aliphatic carboxylic acids is 1. The summed E-state index contributed by atoms with van der Waals surface area (Å²) < 4.78 is 45.3. The number of nitrogens with one attached hydrogen (secondary N) is 1. The predicted molar refractivity (Wildman–Crippen MR) is 160 cm³/mol. The first-order valence-corrected chi connectivity index (χ1v) is 15.1. The molecule has 1 unspecified atom stereocenters. The quantitative estimate of drug-likeness (QED) is 0.252. The molecule has 4 aromatic rings. The van der Waals surface area contributed by atoms with Crippen LogP contribution in [0.25, 0.3) is 32.2 Å². The maximum Gasteiger partial charge on any atom is 0.490 e. The maximum absolute atomic E-state index is 13.5. The molecular weight excluding hydrogens is 582 g/mol. The highest BCUT2D eigenvalue weighted by molar-refractivity contribution is 7.18. The monoisotopic (exact) mass is 617 g/mol. The number of H-pyrrole nitrogens is 1. The van der Waals surface area contributed by atoms with Gasteiger partial charge in [-0.3, -0.25) is 4.90 Å². The molecule has 2 saturated heterocycles. The highest BCUT2D eigenvalue weighted by Gasteiger charge is 2.38. The van der Waals surface area contributed by atoms with E-state index in [0.717, 1.165) is 47.3 Å². The Balaban J connectivity index is 0.000000472. The summed E-state index contributed by atoms with van der Waals surface area (Å²) in [5.41, 5.74) is 4.11. The average molecular weight is 618 g/mol. The summed E-state index contributed by atoms with van der Waals surface area (Å²) >= 11 is 1.71. The van der Waals surface area contributed by atoms with E-state index in [0.29, 0.717) is 0 Å². The molecule has 2 aliphatic rings. The number of thiophene rings is 1. The van der Waals surface area contributed by atoms with Crippen LogP contribution in [0.5, 0.6) is 0 Å². The van der Waals surface area contributed by atoms with E-state index in [1.807, 2.05) is 0 Å². The molecule has 2 fully saturated rings. The minimum Gasteiger partial charge on any atom is -0.475 e. The van der Waals surface area contributed by atoms with Crippen LogP contribution in [0.2, 0.25) is 0 Å². The standard InChI is InChI=1S/C29H34FN5S.C2HF3O2/c1-33-12-2-3-22(18-33)20-35-15-13-34(14-16-35)19-21-4-6-23(7-5-21)27-10-11-28(36-27)29-31-25-9-8-24(30)17-26(25)32-29;3-2(4,5)1(6)7/h4-11,17,22H,2-3,12-16,18-20H2,1H3,(H,31,32);(H,6,7). The highest BCUT2D eigenvalue weighted by Crippen LogP contribution is 2.34. The van der Waals surface area contributed by atoms with Crippen molar-refractivity contribution in [3.05, 3.63) is 66.0 Å². The number of halogens is 4. The summed E-state index contributed by atoms with van der Waals surface area (Å²) in [6.07, 6.45) is -2.34.